The van der Waals surface area contributed by atoms with E-state index in [1.165, 1.54) is 27.2 Å². The number of carbonyl (C=O) groups excluding carboxylic acids is 1. The molecule has 1 amide bonds. The molecule has 0 N–H and O–H groups in total. The first-order valence-electron chi connectivity index (χ1n) is 8.42. The third-order valence-electron chi connectivity index (χ3n) is 4.76. The molecule has 0 radical (unpaired) electrons. The summed E-state index contributed by atoms with van der Waals surface area (Å²) < 4.78 is 41.0. The van der Waals surface area contributed by atoms with Crippen molar-refractivity contribution in [3.63, 3.8) is 0 Å². The van der Waals surface area contributed by atoms with Gasteiger partial charge in [-0.25, -0.2) is 17.5 Å². The van der Waals surface area contributed by atoms with Gasteiger partial charge in [-0.2, -0.15) is 4.31 Å². The average Bonchev–Trinajstić information content (AvgIpc) is 3.25. The van der Waals surface area contributed by atoms with Gasteiger partial charge in [-0.15, -0.1) is 5.10 Å². The summed E-state index contributed by atoms with van der Waals surface area (Å²) in [7, 11) is -3.73. The molecule has 2 aromatic rings. The monoisotopic (exact) mass is 379 g/mol. The van der Waals surface area contributed by atoms with Gasteiger partial charge in [-0.1, -0.05) is 11.3 Å². The first kappa shape index (κ1) is 17.1. The lowest BCUT2D eigenvalue weighted by Crippen LogP contribution is -2.50. The van der Waals surface area contributed by atoms with Crippen LogP contribution < -0.4 is 0 Å². The van der Waals surface area contributed by atoms with Crippen LogP contribution in [0.5, 0.6) is 0 Å². The highest BCUT2D eigenvalue weighted by Gasteiger charge is 2.38. The van der Waals surface area contributed by atoms with Gasteiger partial charge < -0.3 is 4.90 Å². The zero-order valence-corrected chi connectivity index (χ0v) is 14.8. The Bertz CT molecular complexity index is 933. The van der Waals surface area contributed by atoms with Crippen molar-refractivity contribution in [2.75, 3.05) is 26.2 Å². The van der Waals surface area contributed by atoms with Gasteiger partial charge >= 0.3 is 0 Å². The minimum Gasteiger partial charge on any atom is -0.337 e. The summed E-state index contributed by atoms with van der Waals surface area (Å²) in [6.07, 6.45) is 3.56. The number of likely N-dealkylation sites (tertiary alicyclic amines) is 1. The largest absolute Gasteiger partial charge is 0.337 e. The lowest BCUT2D eigenvalue weighted by atomic mass is 10.2. The summed E-state index contributed by atoms with van der Waals surface area (Å²) in [6, 6.07) is 4.75. The number of carbonyl (C=O) groups is 1. The summed E-state index contributed by atoms with van der Waals surface area (Å²) >= 11 is 0. The van der Waals surface area contributed by atoms with E-state index in [0.29, 0.717) is 0 Å². The Hall–Kier alpha value is -2.33. The molecule has 1 aromatic heterocycles. The Morgan fingerprint density at radius 3 is 2.62 bits per heavy atom. The number of halogens is 1. The van der Waals surface area contributed by atoms with Crippen LogP contribution in [0.4, 0.5) is 4.39 Å². The van der Waals surface area contributed by atoms with Gasteiger partial charge in [0.1, 0.15) is 5.82 Å². The van der Waals surface area contributed by atoms with Gasteiger partial charge in [0.05, 0.1) is 17.1 Å². The molecule has 4 rings (SSSR count). The maximum atomic E-state index is 13.3. The number of hydrogen-bond donors (Lipinski definition) is 0. The topological polar surface area (TPSA) is 88.4 Å². The maximum Gasteiger partial charge on any atom is 0.276 e. The van der Waals surface area contributed by atoms with Crippen molar-refractivity contribution in [2.45, 2.75) is 23.8 Å². The molecule has 2 saturated heterocycles. The Morgan fingerprint density at radius 2 is 1.92 bits per heavy atom. The van der Waals surface area contributed by atoms with Gasteiger partial charge in [0.15, 0.2) is 5.69 Å². The van der Waals surface area contributed by atoms with E-state index in [-0.39, 0.29) is 35.6 Å². The standard InChI is InChI=1S/C16H18FN5O3S/c17-12-4-3-5-14(8-12)26(24,25)21-9-13(10-21)22-11-15(18-19-22)16(23)20-6-1-2-7-20/h3-5,8,11,13H,1-2,6-7,9-10H2. The molecule has 0 spiro atoms. The predicted octanol–water partition coefficient (Wildman–Crippen LogP) is 0.899. The summed E-state index contributed by atoms with van der Waals surface area (Å²) in [6.45, 7) is 1.88. The third kappa shape index (κ3) is 2.99. The molecule has 0 atom stereocenters. The van der Waals surface area contributed by atoms with Crippen molar-refractivity contribution >= 4 is 15.9 Å². The van der Waals surface area contributed by atoms with E-state index in [4.69, 9.17) is 0 Å². The number of benzene rings is 1. The minimum atomic E-state index is -3.73. The number of rotatable bonds is 4. The quantitative estimate of drug-likeness (QED) is 0.788. The summed E-state index contributed by atoms with van der Waals surface area (Å²) in [5.74, 6) is -0.734. The Morgan fingerprint density at radius 1 is 1.19 bits per heavy atom. The number of nitrogens with zero attached hydrogens (tertiary/aromatic N) is 5. The van der Waals surface area contributed by atoms with E-state index in [0.717, 1.165) is 32.0 Å². The van der Waals surface area contributed by atoms with Crippen LogP contribution in [0.3, 0.4) is 0 Å². The number of hydrogen-bond acceptors (Lipinski definition) is 5. The van der Waals surface area contributed by atoms with Crippen LogP contribution in [0.2, 0.25) is 0 Å². The zero-order valence-electron chi connectivity index (χ0n) is 14.0. The molecule has 0 saturated carbocycles. The first-order valence-corrected chi connectivity index (χ1v) is 9.86. The lowest BCUT2D eigenvalue weighted by molar-refractivity contribution is 0.0786. The molecule has 2 fully saturated rings. The van der Waals surface area contributed by atoms with Crippen molar-refractivity contribution in [1.29, 1.82) is 0 Å². The van der Waals surface area contributed by atoms with Crippen LogP contribution in [0.25, 0.3) is 0 Å². The van der Waals surface area contributed by atoms with Crippen LogP contribution in [0.15, 0.2) is 35.4 Å². The van der Waals surface area contributed by atoms with E-state index in [1.807, 2.05) is 0 Å². The number of aromatic nitrogens is 3. The fourth-order valence-corrected chi connectivity index (χ4v) is 4.74. The summed E-state index contributed by atoms with van der Waals surface area (Å²) in [5.41, 5.74) is 0.276. The summed E-state index contributed by atoms with van der Waals surface area (Å²) in [4.78, 5) is 14.0. The Kier molecular flexibility index (Phi) is 4.23. The Labute approximate surface area is 150 Å². The predicted molar refractivity (Wildman–Crippen MR) is 89.4 cm³/mol. The van der Waals surface area contributed by atoms with Gasteiger partial charge in [0.2, 0.25) is 10.0 Å². The van der Waals surface area contributed by atoms with E-state index in [1.54, 1.807) is 11.1 Å². The smallest absolute Gasteiger partial charge is 0.276 e. The van der Waals surface area contributed by atoms with Crippen molar-refractivity contribution in [1.82, 2.24) is 24.2 Å². The van der Waals surface area contributed by atoms with E-state index in [2.05, 4.69) is 10.3 Å². The van der Waals surface area contributed by atoms with Crippen LogP contribution in [0.1, 0.15) is 29.4 Å². The maximum absolute atomic E-state index is 13.3. The fraction of sp³-hybridized carbons (Fsp3) is 0.438. The molecule has 8 nitrogen and oxygen atoms in total. The molecular formula is C16H18FN5O3S. The highest BCUT2D eigenvalue weighted by atomic mass is 32.2. The fourth-order valence-electron chi connectivity index (χ4n) is 3.19. The lowest BCUT2D eigenvalue weighted by Gasteiger charge is -2.37. The highest BCUT2D eigenvalue weighted by molar-refractivity contribution is 7.89. The molecule has 138 valence electrons. The molecule has 0 unspecified atom stereocenters. The number of amides is 1. The molecule has 0 bridgehead atoms. The van der Waals surface area contributed by atoms with Gasteiger partial charge in [-0.3, -0.25) is 4.79 Å². The normalized spacial score (nSPS) is 18.9. The highest BCUT2D eigenvalue weighted by Crippen LogP contribution is 2.28. The van der Waals surface area contributed by atoms with Gasteiger partial charge in [0, 0.05) is 26.2 Å². The van der Waals surface area contributed by atoms with Crippen molar-refractivity contribution in [3.8, 4) is 0 Å². The Balaban J connectivity index is 1.43. The minimum absolute atomic E-state index is 0.0700. The van der Waals surface area contributed by atoms with Crippen LogP contribution in [-0.4, -0.2) is 64.7 Å². The number of sulfonamides is 1. The molecular weight excluding hydrogens is 361 g/mol. The molecule has 1 aromatic carbocycles. The third-order valence-corrected chi connectivity index (χ3v) is 6.59. The first-order chi connectivity index (χ1) is 12.4. The van der Waals surface area contributed by atoms with Gasteiger partial charge in [0.25, 0.3) is 5.91 Å². The molecule has 2 aliphatic heterocycles. The SMILES string of the molecule is O=C(c1cn(C2CN(S(=O)(=O)c3cccc(F)c3)C2)nn1)N1CCCC1. The molecule has 2 aliphatic rings. The van der Waals surface area contributed by atoms with Crippen LogP contribution in [-0.2, 0) is 10.0 Å². The van der Waals surface area contributed by atoms with Crippen LogP contribution >= 0.6 is 0 Å². The summed E-state index contributed by atoms with van der Waals surface area (Å²) in [5, 5.41) is 7.90. The zero-order chi connectivity index (χ0) is 18.3. The van der Waals surface area contributed by atoms with Crippen molar-refractivity contribution in [2.24, 2.45) is 0 Å². The second kappa shape index (κ2) is 6.44. The molecule has 10 heteroatoms. The molecule has 26 heavy (non-hydrogen) atoms. The second-order valence-electron chi connectivity index (χ2n) is 6.52. The average molecular weight is 379 g/mol. The van der Waals surface area contributed by atoms with Crippen molar-refractivity contribution in [3.05, 3.63) is 42.0 Å². The van der Waals surface area contributed by atoms with Crippen LogP contribution in [0, 0.1) is 5.82 Å². The molecule has 3 heterocycles. The van der Waals surface area contributed by atoms with E-state index in [9.17, 15) is 17.6 Å². The van der Waals surface area contributed by atoms with Crippen molar-refractivity contribution < 1.29 is 17.6 Å². The second-order valence-corrected chi connectivity index (χ2v) is 8.45. The van der Waals surface area contributed by atoms with E-state index >= 15 is 0 Å². The molecule has 0 aliphatic carbocycles. The van der Waals surface area contributed by atoms with E-state index < -0.39 is 15.8 Å². The van der Waals surface area contributed by atoms with Gasteiger partial charge in [-0.05, 0) is 31.0 Å².